The van der Waals surface area contributed by atoms with Crippen molar-refractivity contribution in [2.45, 2.75) is 0 Å². The normalized spacial score (nSPS) is 12.8. The molecule has 1 aliphatic heterocycles. The van der Waals surface area contributed by atoms with Crippen LogP contribution in [0.3, 0.4) is 0 Å². The van der Waals surface area contributed by atoms with Crippen LogP contribution in [0, 0.1) is 10.7 Å². The number of hydrogen-bond donors (Lipinski definition) is 0. The number of thiophene rings is 1. The Balaban J connectivity index is 1.05. The number of fused-ring (bicyclic) bond motifs is 10. The molecule has 12 aromatic rings. The van der Waals surface area contributed by atoms with Gasteiger partial charge in [-0.25, -0.2) is 0 Å². The Bertz CT molecular complexity index is 3610. The van der Waals surface area contributed by atoms with E-state index in [-0.39, 0.29) is 0 Å². The molecule has 13 rings (SSSR count). The van der Waals surface area contributed by atoms with Crippen LogP contribution in [-0.4, -0.2) is 19.5 Å². The van der Waals surface area contributed by atoms with Gasteiger partial charge in [-0.15, -0.1) is 0 Å². The van der Waals surface area contributed by atoms with Crippen molar-refractivity contribution in [3.63, 3.8) is 0 Å². The molecule has 0 radical (unpaired) electrons. The molecule has 0 saturated heterocycles. The van der Waals surface area contributed by atoms with Crippen LogP contribution in [0.2, 0.25) is 0 Å². The van der Waals surface area contributed by atoms with Gasteiger partial charge >= 0.3 is 365 Å². The predicted octanol–water partition coefficient (Wildman–Crippen LogP) is 14.9. The molecule has 0 spiro atoms. The van der Waals surface area contributed by atoms with Gasteiger partial charge < -0.3 is 0 Å². The van der Waals surface area contributed by atoms with E-state index >= 15 is 0 Å². The molecule has 3 aromatic heterocycles. The molecule has 1 aliphatic rings. The summed E-state index contributed by atoms with van der Waals surface area (Å²) in [6, 6.07) is 72.8. The van der Waals surface area contributed by atoms with Crippen molar-refractivity contribution >= 4 is 83.9 Å². The van der Waals surface area contributed by atoms with E-state index in [0.29, 0.717) is 17.5 Å². The Hall–Kier alpha value is -7.00. The van der Waals surface area contributed by atoms with Gasteiger partial charge in [-0.05, 0) is 0 Å². The van der Waals surface area contributed by atoms with Gasteiger partial charge in [0.05, 0.1) is 0 Å². The maximum absolute atomic E-state index is 5.18. The molecule has 0 bridgehead atoms. The molecule has 286 valence electrons. The Morgan fingerprint density at radius 3 is 1.57 bits per heavy atom. The number of hydrogen-bond acceptors (Lipinski definition) is 4. The van der Waals surface area contributed by atoms with Gasteiger partial charge in [0.25, 0.3) is 0 Å². The summed E-state index contributed by atoms with van der Waals surface area (Å²) < 4.78 is 9.53. The molecular weight excluding hydrogens is 876 g/mol. The molecule has 4 nitrogen and oxygen atoms in total. The molecule has 4 heterocycles. The van der Waals surface area contributed by atoms with Crippen LogP contribution in [0.15, 0.2) is 200 Å². The third kappa shape index (κ3) is 5.45. The van der Waals surface area contributed by atoms with E-state index in [1.165, 1.54) is 74.9 Å². The van der Waals surface area contributed by atoms with Gasteiger partial charge in [-0.1, -0.05) is 0 Å². The first kappa shape index (κ1) is 34.8. The van der Waals surface area contributed by atoms with E-state index in [9.17, 15) is 0 Å². The van der Waals surface area contributed by atoms with Crippen molar-refractivity contribution in [1.29, 1.82) is 0 Å². The molecule has 0 fully saturated rings. The van der Waals surface area contributed by atoms with Crippen molar-refractivity contribution in [3.05, 3.63) is 211 Å². The summed E-state index contributed by atoms with van der Waals surface area (Å²) in [5.41, 5.74) is 9.30. The van der Waals surface area contributed by atoms with Gasteiger partial charge in [0.1, 0.15) is 0 Å². The molecule has 9 aromatic carbocycles. The topological polar surface area (TPSA) is 43.6 Å². The average molecular weight is 909 g/mol. The summed E-state index contributed by atoms with van der Waals surface area (Å²) >= 11 is -0.443. The maximum atomic E-state index is 5.18. The third-order valence-corrected chi connectivity index (χ3v) is 19.3. The van der Waals surface area contributed by atoms with Gasteiger partial charge in [-0.3, -0.25) is 0 Å². The zero-order valence-electron chi connectivity index (χ0n) is 32.6. The molecule has 0 atom stereocenters. The summed E-state index contributed by atoms with van der Waals surface area (Å²) in [4.78, 5) is 15.4. The predicted molar refractivity (Wildman–Crippen MR) is 263 cm³/mol. The first-order valence-corrected chi connectivity index (χ1v) is 24.5. The van der Waals surface area contributed by atoms with Crippen LogP contribution in [0.1, 0.15) is 0 Å². The van der Waals surface area contributed by atoms with E-state index in [2.05, 4.69) is 168 Å². The minimum absolute atomic E-state index is 0.664. The van der Waals surface area contributed by atoms with Crippen LogP contribution in [-0.2, 0) is 0 Å². The Kier molecular flexibility index (Phi) is 7.86. The van der Waals surface area contributed by atoms with Gasteiger partial charge in [0.2, 0.25) is 0 Å². The molecule has 0 amide bonds. The van der Waals surface area contributed by atoms with Crippen molar-refractivity contribution in [3.8, 4) is 51.0 Å². The third-order valence-electron chi connectivity index (χ3n) is 12.0. The number of benzene rings is 9. The van der Waals surface area contributed by atoms with Crippen LogP contribution < -0.4 is 0 Å². The van der Waals surface area contributed by atoms with Crippen molar-refractivity contribution in [2.75, 3.05) is 0 Å². The summed E-state index contributed by atoms with van der Waals surface area (Å²) in [7, 11) is 0. The Labute approximate surface area is 362 Å². The first-order chi connectivity index (χ1) is 30.2. The second kappa shape index (κ2) is 13.8. The van der Waals surface area contributed by atoms with E-state index in [4.69, 9.17) is 15.0 Å². The molecular formula is C55H33IN4S. The molecule has 6 heteroatoms. The standard InChI is InChI=1S/C55H33IN4S/c1-3-15-34(16-4-1)53-57-54(35-17-5-2-6-18-35)59-55(58-53)43-29-30-46(38-20-8-7-19-37(38)43)56-47-31-36(60-49-24-12-9-21-40(49)41-22-10-13-25-50(41)60)27-28-39(47)44-32-45-42-23-11-14-26-51(42)61-52(45)33-48(44)56/h1-33H. The van der Waals surface area contributed by atoms with Crippen LogP contribution in [0.4, 0.5) is 0 Å². The fourth-order valence-electron chi connectivity index (χ4n) is 9.21. The summed E-state index contributed by atoms with van der Waals surface area (Å²) in [6.07, 6.45) is 0. The van der Waals surface area contributed by atoms with Crippen molar-refractivity contribution < 1.29 is 0 Å². The Morgan fingerprint density at radius 2 is 0.885 bits per heavy atom. The van der Waals surface area contributed by atoms with Gasteiger partial charge in [-0.2, -0.15) is 0 Å². The van der Waals surface area contributed by atoms with Crippen molar-refractivity contribution in [2.24, 2.45) is 0 Å². The molecule has 0 unspecified atom stereocenters. The SMILES string of the molecule is c1ccc(-c2nc(-c3ccccc3)nc(-c3ccc(I4c5cc(-n6c7ccccc7c7ccccc76)ccc5-c5cc6c(cc54)sc4ccccc46)c4ccccc34)n2)cc1. The van der Waals surface area contributed by atoms with Crippen LogP contribution >= 0.6 is 31.2 Å². The average Bonchev–Trinajstić information content (AvgIpc) is 3.97. The first-order valence-electron chi connectivity index (χ1n) is 20.4. The zero-order chi connectivity index (χ0) is 40.0. The number of halogens is 1. The fourth-order valence-corrected chi connectivity index (χ4v) is 17.3. The second-order valence-corrected chi connectivity index (χ2v) is 21.6. The molecule has 61 heavy (non-hydrogen) atoms. The van der Waals surface area contributed by atoms with E-state index in [1.807, 2.05) is 47.7 Å². The van der Waals surface area contributed by atoms with Crippen molar-refractivity contribution in [1.82, 2.24) is 19.5 Å². The second-order valence-electron chi connectivity index (χ2n) is 15.4. The number of nitrogens with zero attached hydrogens (tertiary/aromatic N) is 4. The Morgan fingerprint density at radius 1 is 0.344 bits per heavy atom. The molecule has 0 saturated carbocycles. The summed E-state index contributed by atoms with van der Waals surface area (Å²) in [6.45, 7) is 0. The number of para-hydroxylation sites is 2. The zero-order valence-corrected chi connectivity index (χ0v) is 35.6. The summed E-state index contributed by atoms with van der Waals surface area (Å²) in [5, 5.41) is 7.62. The fraction of sp³-hybridized carbons (Fsp3) is 0. The van der Waals surface area contributed by atoms with Gasteiger partial charge in [0, 0.05) is 0 Å². The summed E-state index contributed by atoms with van der Waals surface area (Å²) in [5.74, 6) is 2.00. The van der Waals surface area contributed by atoms with Crippen LogP contribution in [0.5, 0.6) is 0 Å². The van der Waals surface area contributed by atoms with Gasteiger partial charge in [0.15, 0.2) is 0 Å². The van der Waals surface area contributed by atoms with E-state index in [1.54, 1.807) is 0 Å². The molecule has 0 aliphatic carbocycles. The van der Waals surface area contributed by atoms with Crippen LogP contribution in [0.25, 0.3) is 104 Å². The number of rotatable bonds is 5. The quantitative estimate of drug-likeness (QED) is 0.162. The van der Waals surface area contributed by atoms with E-state index < -0.39 is 19.8 Å². The minimum atomic E-state index is -2.35. The molecule has 0 N–H and O–H groups in total. The monoisotopic (exact) mass is 908 g/mol. The van der Waals surface area contributed by atoms with E-state index in [0.717, 1.165) is 22.1 Å². The number of aromatic nitrogens is 4.